The number of methoxy groups -OCH3 is 1. The van der Waals surface area contributed by atoms with E-state index in [9.17, 15) is 0 Å². The van der Waals surface area contributed by atoms with E-state index in [1.807, 2.05) is 24.3 Å². The number of benzene rings is 2. The van der Waals surface area contributed by atoms with Crippen LogP contribution >= 0.6 is 11.8 Å². The van der Waals surface area contributed by atoms with Crippen LogP contribution in [0.2, 0.25) is 0 Å². The van der Waals surface area contributed by atoms with Crippen LogP contribution in [-0.2, 0) is 0 Å². The maximum atomic E-state index is 4.97. The Bertz CT molecular complexity index is 400. The second-order valence-electron chi connectivity index (χ2n) is 4.03. The average Bonchev–Trinajstić information content (AvgIpc) is 2.41. The Kier molecular flexibility index (Phi) is 11.9. The van der Waals surface area contributed by atoms with E-state index in [-0.39, 0.29) is 14.9 Å². The fourth-order valence-electron chi connectivity index (χ4n) is 1.35. The van der Waals surface area contributed by atoms with Crippen molar-refractivity contribution in [2.45, 2.75) is 33.6 Å². The van der Waals surface area contributed by atoms with Gasteiger partial charge in [-0.1, -0.05) is 50.2 Å². The first kappa shape index (κ1) is 20.9. The van der Waals surface area contributed by atoms with Gasteiger partial charge >= 0.3 is 0 Å². The predicted octanol–water partition coefficient (Wildman–Crippen LogP) is 5.99. The molecular weight excluding hydrogens is 264 g/mol. The summed E-state index contributed by atoms with van der Waals surface area (Å²) < 4.78 is 4.97. The summed E-state index contributed by atoms with van der Waals surface area (Å²) in [6, 6.07) is 16.5. The first-order chi connectivity index (χ1) is 8.65. The van der Waals surface area contributed by atoms with Crippen molar-refractivity contribution < 1.29 is 4.74 Å². The minimum atomic E-state index is 0. The molecule has 0 heterocycles. The van der Waals surface area contributed by atoms with E-state index < -0.39 is 0 Å². The molecule has 0 fully saturated rings. The van der Waals surface area contributed by atoms with Crippen molar-refractivity contribution in [1.29, 1.82) is 0 Å². The Hall–Kier alpha value is -1.41. The monoisotopic (exact) mass is 292 g/mol. The molecule has 0 aromatic heterocycles. The Morgan fingerprint density at radius 2 is 1.15 bits per heavy atom. The number of hydrogen-bond acceptors (Lipinski definition) is 2. The Balaban J connectivity index is 0. The molecule has 112 valence electrons. The molecule has 0 amide bonds. The van der Waals surface area contributed by atoms with Gasteiger partial charge < -0.3 is 4.74 Å². The molecule has 0 N–H and O–H groups in total. The lowest BCUT2D eigenvalue weighted by molar-refractivity contribution is 0.414. The molecule has 2 aromatic carbocycles. The number of aryl methyl sites for hydroxylation is 2. The molecule has 2 rings (SSSR count). The summed E-state index contributed by atoms with van der Waals surface area (Å²) in [6.07, 6.45) is 2.09. The van der Waals surface area contributed by atoms with E-state index in [1.54, 1.807) is 18.9 Å². The summed E-state index contributed by atoms with van der Waals surface area (Å²) in [5, 5.41) is 0. The molecule has 2 heteroatoms. The Morgan fingerprint density at radius 3 is 1.50 bits per heavy atom. The van der Waals surface area contributed by atoms with Crippen molar-refractivity contribution in [3.63, 3.8) is 0 Å². The number of hydrogen-bond donors (Lipinski definition) is 0. The van der Waals surface area contributed by atoms with Gasteiger partial charge in [-0.25, -0.2) is 0 Å². The maximum Gasteiger partial charge on any atom is 0.118 e. The molecule has 0 bridgehead atoms. The van der Waals surface area contributed by atoms with Crippen LogP contribution in [0.4, 0.5) is 0 Å². The molecule has 2 aromatic rings. The third-order valence-electron chi connectivity index (χ3n) is 2.51. The molecule has 0 radical (unpaired) electrons. The lowest BCUT2D eigenvalue weighted by Crippen LogP contribution is -1.80. The highest BCUT2D eigenvalue weighted by molar-refractivity contribution is 7.98. The summed E-state index contributed by atoms with van der Waals surface area (Å²) in [6.45, 7) is 4.16. The van der Waals surface area contributed by atoms with Gasteiger partial charge in [0.1, 0.15) is 5.75 Å². The first-order valence-electron chi connectivity index (χ1n) is 5.87. The summed E-state index contributed by atoms with van der Waals surface area (Å²) in [7, 11) is 1.67. The largest absolute Gasteiger partial charge is 0.497 e. The molecule has 0 aliphatic rings. The van der Waals surface area contributed by atoms with Gasteiger partial charge in [0.2, 0.25) is 0 Å². The van der Waals surface area contributed by atoms with Crippen molar-refractivity contribution in [2.24, 2.45) is 0 Å². The summed E-state index contributed by atoms with van der Waals surface area (Å²) in [4.78, 5) is 1.33. The quantitative estimate of drug-likeness (QED) is 0.628. The lowest BCUT2D eigenvalue weighted by atomic mass is 10.2. The minimum absolute atomic E-state index is 0. The van der Waals surface area contributed by atoms with E-state index in [2.05, 4.69) is 44.4 Å². The standard InChI is InChI=1S/C8H10O.C8H10S.2CH4/c2*1-7-3-5-8(9-2)6-4-7;;/h2*3-6H,1-2H3;2*1H4. The number of thioether (sulfide) groups is 1. The zero-order chi connectivity index (χ0) is 13.4. The predicted molar refractivity (Wildman–Crippen MR) is 94.2 cm³/mol. The highest BCUT2D eigenvalue weighted by Gasteiger charge is 1.86. The normalized spacial score (nSPS) is 8.40. The molecule has 1 nitrogen and oxygen atoms in total. The Labute approximate surface area is 129 Å². The zero-order valence-corrected chi connectivity index (χ0v) is 12.3. The number of rotatable bonds is 2. The fourth-order valence-corrected chi connectivity index (χ4v) is 1.76. The van der Waals surface area contributed by atoms with Crippen LogP contribution in [-0.4, -0.2) is 13.4 Å². The van der Waals surface area contributed by atoms with Crippen LogP contribution in [0.25, 0.3) is 0 Å². The van der Waals surface area contributed by atoms with Crippen LogP contribution < -0.4 is 4.74 Å². The summed E-state index contributed by atoms with van der Waals surface area (Å²) >= 11 is 1.78. The molecular formula is C18H28OS. The highest BCUT2D eigenvalue weighted by atomic mass is 32.2. The zero-order valence-electron chi connectivity index (χ0n) is 11.4. The minimum Gasteiger partial charge on any atom is -0.497 e. The van der Waals surface area contributed by atoms with Crippen LogP contribution in [0.1, 0.15) is 26.0 Å². The van der Waals surface area contributed by atoms with Crippen molar-refractivity contribution in [2.75, 3.05) is 13.4 Å². The van der Waals surface area contributed by atoms with E-state index in [1.165, 1.54) is 16.0 Å². The van der Waals surface area contributed by atoms with E-state index in [0.717, 1.165) is 5.75 Å². The van der Waals surface area contributed by atoms with Crippen molar-refractivity contribution >= 4 is 11.8 Å². The van der Waals surface area contributed by atoms with E-state index in [0.29, 0.717) is 0 Å². The topological polar surface area (TPSA) is 9.23 Å². The maximum absolute atomic E-state index is 4.97. The van der Waals surface area contributed by atoms with Gasteiger partial charge in [0.15, 0.2) is 0 Å². The van der Waals surface area contributed by atoms with E-state index >= 15 is 0 Å². The van der Waals surface area contributed by atoms with Crippen molar-refractivity contribution in [1.82, 2.24) is 0 Å². The molecule has 0 unspecified atom stereocenters. The Morgan fingerprint density at radius 1 is 0.750 bits per heavy atom. The SMILES string of the molecule is C.C.COc1ccc(C)cc1.CSc1ccc(C)cc1. The fraction of sp³-hybridized carbons (Fsp3) is 0.333. The molecule has 20 heavy (non-hydrogen) atoms. The third-order valence-corrected chi connectivity index (χ3v) is 3.26. The van der Waals surface area contributed by atoms with Crippen LogP contribution in [0.3, 0.4) is 0 Å². The van der Waals surface area contributed by atoms with Gasteiger partial charge in [-0.05, 0) is 44.4 Å². The van der Waals surface area contributed by atoms with Gasteiger partial charge in [0.05, 0.1) is 7.11 Å². The average molecular weight is 292 g/mol. The second kappa shape index (κ2) is 11.4. The van der Waals surface area contributed by atoms with Gasteiger partial charge in [-0.15, -0.1) is 11.8 Å². The van der Waals surface area contributed by atoms with Gasteiger partial charge in [0.25, 0.3) is 0 Å². The lowest BCUT2D eigenvalue weighted by Gasteiger charge is -1.97. The van der Waals surface area contributed by atoms with Crippen molar-refractivity contribution in [3.8, 4) is 5.75 Å². The van der Waals surface area contributed by atoms with E-state index in [4.69, 9.17) is 4.74 Å². The molecule has 0 spiro atoms. The second-order valence-corrected chi connectivity index (χ2v) is 4.91. The first-order valence-corrected chi connectivity index (χ1v) is 7.09. The molecule has 0 saturated heterocycles. The summed E-state index contributed by atoms with van der Waals surface area (Å²) in [5.41, 5.74) is 2.59. The molecule has 0 atom stereocenters. The third kappa shape index (κ3) is 7.90. The number of ether oxygens (including phenoxy) is 1. The van der Waals surface area contributed by atoms with Gasteiger partial charge in [0, 0.05) is 4.90 Å². The van der Waals surface area contributed by atoms with Crippen LogP contribution in [0.15, 0.2) is 53.4 Å². The highest BCUT2D eigenvalue weighted by Crippen LogP contribution is 2.13. The van der Waals surface area contributed by atoms with Crippen LogP contribution in [0, 0.1) is 13.8 Å². The summed E-state index contributed by atoms with van der Waals surface area (Å²) in [5.74, 6) is 0.917. The smallest absolute Gasteiger partial charge is 0.118 e. The molecule has 0 aliphatic heterocycles. The van der Waals surface area contributed by atoms with Crippen molar-refractivity contribution in [3.05, 3.63) is 59.7 Å². The van der Waals surface area contributed by atoms with Gasteiger partial charge in [-0.3, -0.25) is 0 Å². The van der Waals surface area contributed by atoms with Crippen LogP contribution in [0.5, 0.6) is 5.75 Å². The van der Waals surface area contributed by atoms with Gasteiger partial charge in [-0.2, -0.15) is 0 Å². The molecule has 0 aliphatic carbocycles. The molecule has 0 saturated carbocycles.